The Morgan fingerprint density at radius 3 is 2.56 bits per heavy atom. The molecule has 1 heterocycles. The quantitative estimate of drug-likeness (QED) is 0.511. The van der Waals surface area contributed by atoms with Gasteiger partial charge in [0.25, 0.3) is 5.91 Å². The van der Waals surface area contributed by atoms with Gasteiger partial charge in [0.15, 0.2) is 11.4 Å². The van der Waals surface area contributed by atoms with E-state index in [4.69, 9.17) is 4.74 Å². The lowest BCUT2D eigenvalue weighted by Gasteiger charge is -2.12. The normalized spacial score (nSPS) is 11.1. The van der Waals surface area contributed by atoms with Crippen LogP contribution in [0.3, 0.4) is 0 Å². The van der Waals surface area contributed by atoms with Crippen LogP contribution in [0.15, 0.2) is 24.3 Å². The van der Waals surface area contributed by atoms with Gasteiger partial charge in [0.2, 0.25) is 0 Å². The summed E-state index contributed by atoms with van der Waals surface area (Å²) in [5.74, 6) is -1.97. The van der Waals surface area contributed by atoms with Gasteiger partial charge in [-0.2, -0.15) is 13.2 Å². The van der Waals surface area contributed by atoms with E-state index in [9.17, 15) is 22.4 Å². The maximum atomic E-state index is 13.8. The zero-order chi connectivity index (χ0) is 19.2. The lowest BCUT2D eigenvalue weighted by atomic mass is 10.2. The van der Waals surface area contributed by atoms with E-state index in [0.717, 1.165) is 12.1 Å². The molecule has 0 fully saturated rings. The van der Waals surface area contributed by atoms with Gasteiger partial charge < -0.3 is 15.4 Å². The maximum Gasteiger partial charge on any atom is 0.435 e. The Hall–Kier alpha value is -2.24. The van der Waals surface area contributed by atoms with Crippen molar-refractivity contribution in [2.45, 2.75) is 6.18 Å². The fraction of sp³-hybridized carbons (Fsp3) is 0.400. The Bertz CT molecular complexity index is 754. The maximum absolute atomic E-state index is 13.8. The van der Waals surface area contributed by atoms with Crippen molar-refractivity contribution >= 4 is 18.3 Å². The number of carbonyl (C=O) groups is 1. The average molecular weight is 412 g/mol. The fourth-order valence-corrected chi connectivity index (χ4v) is 2.13. The molecule has 1 amide bonds. The minimum Gasteiger partial charge on any atom is -0.383 e. The van der Waals surface area contributed by atoms with Gasteiger partial charge in [-0.3, -0.25) is 4.79 Å². The lowest BCUT2D eigenvalue weighted by Crippen LogP contribution is -2.34. The van der Waals surface area contributed by atoms with E-state index in [1.807, 2.05) is 0 Å². The molecule has 7 nitrogen and oxygen atoms in total. The number of para-hydroxylation sites is 1. The summed E-state index contributed by atoms with van der Waals surface area (Å²) in [7, 11) is 1.53. The monoisotopic (exact) mass is 411 g/mol. The van der Waals surface area contributed by atoms with E-state index in [1.165, 1.54) is 19.2 Å². The summed E-state index contributed by atoms with van der Waals surface area (Å²) in [6.45, 7) is 1.40. The van der Waals surface area contributed by atoms with Gasteiger partial charge >= 0.3 is 6.18 Å². The third kappa shape index (κ3) is 5.88. The fourth-order valence-electron chi connectivity index (χ4n) is 2.13. The highest BCUT2D eigenvalue weighted by Gasteiger charge is 2.42. The molecule has 0 spiro atoms. The second kappa shape index (κ2) is 10.2. The number of alkyl halides is 3. The number of carbonyl (C=O) groups excluding carboxylic acids is 1. The Morgan fingerprint density at radius 1 is 1.22 bits per heavy atom. The van der Waals surface area contributed by atoms with E-state index in [2.05, 4.69) is 20.9 Å². The second-order valence-corrected chi connectivity index (χ2v) is 5.15. The molecule has 0 atom stereocenters. The molecule has 2 rings (SSSR count). The molecule has 0 aliphatic rings. The van der Waals surface area contributed by atoms with Crippen molar-refractivity contribution in [2.24, 2.45) is 0 Å². The van der Waals surface area contributed by atoms with Crippen molar-refractivity contribution in [1.82, 2.24) is 25.6 Å². The Labute approximate surface area is 158 Å². The highest BCUT2D eigenvalue weighted by molar-refractivity contribution is 5.93. The molecule has 2 aromatic rings. The van der Waals surface area contributed by atoms with Gasteiger partial charge in [-0.05, 0) is 12.1 Å². The van der Waals surface area contributed by atoms with Crippen molar-refractivity contribution in [3.05, 3.63) is 41.5 Å². The summed E-state index contributed by atoms with van der Waals surface area (Å²) in [5.41, 5.74) is -2.81. The summed E-state index contributed by atoms with van der Waals surface area (Å²) >= 11 is 0. The van der Waals surface area contributed by atoms with Crippen LogP contribution in [-0.2, 0) is 10.9 Å². The Morgan fingerprint density at radius 2 is 1.93 bits per heavy atom. The molecule has 12 heteroatoms. The van der Waals surface area contributed by atoms with E-state index in [1.54, 1.807) is 0 Å². The van der Waals surface area contributed by atoms with Crippen LogP contribution < -0.4 is 10.6 Å². The van der Waals surface area contributed by atoms with Crippen molar-refractivity contribution in [2.75, 3.05) is 33.4 Å². The average Bonchev–Trinajstić information content (AvgIpc) is 3.03. The number of amides is 1. The number of ether oxygens (including phenoxy) is 1. The summed E-state index contributed by atoms with van der Waals surface area (Å²) in [5, 5.41) is 11.9. The molecule has 27 heavy (non-hydrogen) atoms. The van der Waals surface area contributed by atoms with Gasteiger partial charge in [-0.1, -0.05) is 17.3 Å². The molecule has 0 radical (unpaired) electrons. The van der Waals surface area contributed by atoms with E-state index in [0.29, 0.717) is 19.7 Å². The Kier molecular flexibility index (Phi) is 8.60. The second-order valence-electron chi connectivity index (χ2n) is 5.15. The Balaban J connectivity index is 0.00000364. The van der Waals surface area contributed by atoms with Crippen molar-refractivity contribution < 1.29 is 27.1 Å². The van der Waals surface area contributed by atoms with E-state index < -0.39 is 35.0 Å². The number of benzene rings is 1. The SMILES string of the molecule is COCCNCCNC(=O)c1nnn(-c2ccccc2F)c1C(F)(F)F.Cl. The van der Waals surface area contributed by atoms with Gasteiger partial charge in [0.1, 0.15) is 11.5 Å². The number of rotatable bonds is 8. The zero-order valence-corrected chi connectivity index (χ0v) is 15.0. The van der Waals surface area contributed by atoms with Crippen molar-refractivity contribution in [3.63, 3.8) is 0 Å². The van der Waals surface area contributed by atoms with Crippen LogP contribution in [0.5, 0.6) is 0 Å². The largest absolute Gasteiger partial charge is 0.435 e. The molecule has 0 bridgehead atoms. The minimum absolute atomic E-state index is 0. The number of hydrogen-bond acceptors (Lipinski definition) is 5. The first-order valence-corrected chi connectivity index (χ1v) is 7.62. The topological polar surface area (TPSA) is 81.1 Å². The van der Waals surface area contributed by atoms with Crippen LogP contribution in [0.1, 0.15) is 16.2 Å². The molecule has 0 unspecified atom stereocenters. The highest BCUT2D eigenvalue weighted by Crippen LogP contribution is 2.33. The predicted molar refractivity (Wildman–Crippen MR) is 90.6 cm³/mol. The molecule has 0 aliphatic heterocycles. The molecule has 0 saturated heterocycles. The molecular formula is C15H18ClF4N5O2. The van der Waals surface area contributed by atoms with Crippen molar-refractivity contribution in [3.8, 4) is 5.69 Å². The number of methoxy groups -OCH3 is 1. The molecule has 0 saturated carbocycles. The first kappa shape index (κ1) is 22.8. The lowest BCUT2D eigenvalue weighted by molar-refractivity contribution is -0.143. The molecular weight excluding hydrogens is 394 g/mol. The molecule has 0 aliphatic carbocycles. The highest BCUT2D eigenvalue weighted by atomic mass is 35.5. The van der Waals surface area contributed by atoms with E-state index in [-0.39, 0.29) is 23.6 Å². The van der Waals surface area contributed by atoms with Crippen LogP contribution in [0.2, 0.25) is 0 Å². The molecule has 1 aromatic carbocycles. The van der Waals surface area contributed by atoms with Crippen LogP contribution >= 0.6 is 12.4 Å². The van der Waals surface area contributed by atoms with Crippen LogP contribution in [0.25, 0.3) is 5.69 Å². The van der Waals surface area contributed by atoms with Gasteiger partial charge in [0.05, 0.1) is 6.61 Å². The summed E-state index contributed by atoms with van der Waals surface area (Å²) in [6, 6.07) is 4.78. The third-order valence-electron chi connectivity index (χ3n) is 3.30. The first-order chi connectivity index (χ1) is 12.4. The van der Waals surface area contributed by atoms with Gasteiger partial charge in [0, 0.05) is 26.7 Å². The molecule has 150 valence electrons. The number of nitrogens with zero attached hydrogens (tertiary/aromatic N) is 3. The van der Waals surface area contributed by atoms with E-state index >= 15 is 0 Å². The number of aromatic nitrogens is 3. The summed E-state index contributed by atoms with van der Waals surface area (Å²) < 4.78 is 59.2. The standard InChI is InChI=1S/C15H17F4N5O2.ClH/c1-26-9-8-20-6-7-21-14(25)12-13(15(17,18)19)24(23-22-12)11-5-3-2-4-10(11)16;/h2-5,20H,6-9H2,1H3,(H,21,25);1H. The number of nitrogens with one attached hydrogen (secondary N) is 2. The van der Waals surface area contributed by atoms with Crippen LogP contribution in [0.4, 0.5) is 17.6 Å². The zero-order valence-electron chi connectivity index (χ0n) is 14.2. The van der Waals surface area contributed by atoms with Crippen molar-refractivity contribution in [1.29, 1.82) is 0 Å². The summed E-state index contributed by atoms with van der Waals surface area (Å²) in [4.78, 5) is 12.1. The van der Waals surface area contributed by atoms with Gasteiger partial charge in [-0.25, -0.2) is 9.07 Å². The number of hydrogen-bond donors (Lipinski definition) is 2. The molecule has 2 N–H and O–H groups in total. The smallest absolute Gasteiger partial charge is 0.383 e. The molecule has 1 aromatic heterocycles. The van der Waals surface area contributed by atoms with Crippen LogP contribution in [0, 0.1) is 5.82 Å². The number of halogens is 5. The summed E-state index contributed by atoms with van der Waals surface area (Å²) in [6.07, 6.45) is -4.95. The third-order valence-corrected chi connectivity index (χ3v) is 3.30. The van der Waals surface area contributed by atoms with Gasteiger partial charge in [-0.15, -0.1) is 17.5 Å². The first-order valence-electron chi connectivity index (χ1n) is 7.62. The van der Waals surface area contributed by atoms with Crippen LogP contribution in [-0.4, -0.2) is 54.3 Å². The predicted octanol–water partition coefficient (Wildman–Crippen LogP) is 1.81. The minimum atomic E-state index is -4.95.